The predicted octanol–water partition coefficient (Wildman–Crippen LogP) is 3.08. The van der Waals surface area contributed by atoms with E-state index in [9.17, 15) is 9.18 Å². The van der Waals surface area contributed by atoms with Gasteiger partial charge in [0.2, 0.25) is 5.79 Å². The monoisotopic (exact) mass is 318 g/mol. The van der Waals surface area contributed by atoms with E-state index < -0.39 is 18.4 Å². The number of alkyl halides is 1. The summed E-state index contributed by atoms with van der Waals surface area (Å²) in [5.74, 6) is -0.971. The first kappa shape index (κ1) is 13.1. The van der Waals surface area contributed by atoms with Crippen molar-refractivity contribution in [1.82, 2.24) is 0 Å². The SMILES string of the molecule is CC1(C)OC(=O)c2c(OCCF)ccc(Br)c2O1. The van der Waals surface area contributed by atoms with E-state index in [2.05, 4.69) is 15.9 Å². The van der Waals surface area contributed by atoms with Crippen LogP contribution in [-0.2, 0) is 4.74 Å². The Morgan fingerprint density at radius 3 is 2.78 bits per heavy atom. The van der Waals surface area contributed by atoms with Gasteiger partial charge in [-0.05, 0) is 28.1 Å². The average Bonchev–Trinajstić information content (AvgIpc) is 2.27. The van der Waals surface area contributed by atoms with Crippen molar-refractivity contribution in [2.75, 3.05) is 13.3 Å². The molecule has 1 aliphatic rings. The van der Waals surface area contributed by atoms with Gasteiger partial charge in [-0.2, -0.15) is 0 Å². The Balaban J connectivity index is 2.47. The van der Waals surface area contributed by atoms with Gasteiger partial charge >= 0.3 is 5.97 Å². The molecule has 1 aromatic carbocycles. The second-order valence-electron chi connectivity index (χ2n) is 4.18. The molecule has 1 heterocycles. The van der Waals surface area contributed by atoms with Crippen LogP contribution in [0.1, 0.15) is 24.2 Å². The molecule has 0 aliphatic carbocycles. The Morgan fingerprint density at radius 1 is 1.39 bits per heavy atom. The molecular weight excluding hydrogens is 307 g/mol. The van der Waals surface area contributed by atoms with Crippen LogP contribution < -0.4 is 9.47 Å². The summed E-state index contributed by atoms with van der Waals surface area (Å²) in [5.41, 5.74) is 0.178. The molecule has 0 N–H and O–H groups in total. The molecule has 0 bridgehead atoms. The quantitative estimate of drug-likeness (QED) is 0.803. The lowest BCUT2D eigenvalue weighted by Gasteiger charge is -2.32. The maximum absolute atomic E-state index is 12.1. The average molecular weight is 319 g/mol. The van der Waals surface area contributed by atoms with Gasteiger partial charge < -0.3 is 14.2 Å². The van der Waals surface area contributed by atoms with Gasteiger partial charge in [0.15, 0.2) is 5.75 Å². The summed E-state index contributed by atoms with van der Waals surface area (Å²) in [4.78, 5) is 11.9. The van der Waals surface area contributed by atoms with Crippen LogP contribution in [-0.4, -0.2) is 25.0 Å². The van der Waals surface area contributed by atoms with Crippen LogP contribution in [0, 0.1) is 0 Å². The summed E-state index contributed by atoms with van der Waals surface area (Å²) in [6, 6.07) is 3.25. The third-order valence-corrected chi connectivity index (χ3v) is 2.92. The van der Waals surface area contributed by atoms with Crippen LogP contribution >= 0.6 is 15.9 Å². The van der Waals surface area contributed by atoms with Crippen molar-refractivity contribution in [2.45, 2.75) is 19.6 Å². The zero-order valence-electron chi connectivity index (χ0n) is 9.96. The fourth-order valence-electron chi connectivity index (χ4n) is 1.64. The largest absolute Gasteiger partial charge is 0.490 e. The zero-order chi connectivity index (χ0) is 13.3. The molecule has 98 valence electrons. The number of benzene rings is 1. The summed E-state index contributed by atoms with van der Waals surface area (Å²) in [6.07, 6.45) is 0. The number of carbonyl (C=O) groups is 1. The molecule has 0 radical (unpaired) electrons. The van der Waals surface area contributed by atoms with E-state index in [0.717, 1.165) is 0 Å². The first-order chi connectivity index (χ1) is 8.44. The number of ether oxygens (including phenoxy) is 3. The molecule has 0 saturated carbocycles. The van der Waals surface area contributed by atoms with E-state index in [0.29, 0.717) is 10.2 Å². The Bertz CT molecular complexity index is 487. The van der Waals surface area contributed by atoms with Crippen molar-refractivity contribution in [3.8, 4) is 11.5 Å². The first-order valence-electron chi connectivity index (χ1n) is 5.38. The summed E-state index contributed by atoms with van der Waals surface area (Å²) >= 11 is 3.30. The number of hydrogen-bond acceptors (Lipinski definition) is 4. The molecule has 1 aromatic rings. The fraction of sp³-hybridized carbons (Fsp3) is 0.417. The number of fused-ring (bicyclic) bond motifs is 1. The molecule has 2 rings (SSSR count). The summed E-state index contributed by atoms with van der Waals surface area (Å²) in [7, 11) is 0. The number of carbonyl (C=O) groups excluding carboxylic acids is 1. The third kappa shape index (κ3) is 2.43. The lowest BCUT2D eigenvalue weighted by atomic mass is 10.1. The highest BCUT2D eigenvalue weighted by atomic mass is 79.9. The number of rotatable bonds is 3. The van der Waals surface area contributed by atoms with E-state index in [1.54, 1.807) is 26.0 Å². The van der Waals surface area contributed by atoms with Gasteiger partial charge in [0, 0.05) is 13.8 Å². The number of esters is 1. The first-order valence-corrected chi connectivity index (χ1v) is 6.17. The minimum absolute atomic E-state index is 0.120. The highest BCUT2D eigenvalue weighted by Gasteiger charge is 2.37. The Hall–Kier alpha value is -1.30. The van der Waals surface area contributed by atoms with Gasteiger partial charge in [-0.15, -0.1) is 0 Å². The van der Waals surface area contributed by atoms with E-state index in [1.165, 1.54) is 0 Å². The number of cyclic esters (lactones) is 1. The zero-order valence-corrected chi connectivity index (χ0v) is 11.5. The minimum Gasteiger partial charge on any atom is -0.490 e. The molecule has 0 amide bonds. The Kier molecular flexibility index (Phi) is 3.47. The Morgan fingerprint density at radius 2 is 2.11 bits per heavy atom. The van der Waals surface area contributed by atoms with Gasteiger partial charge in [-0.1, -0.05) is 0 Å². The number of halogens is 2. The van der Waals surface area contributed by atoms with Gasteiger partial charge in [0.05, 0.1) is 4.47 Å². The number of hydrogen-bond donors (Lipinski definition) is 0. The molecule has 4 nitrogen and oxygen atoms in total. The van der Waals surface area contributed by atoms with Gasteiger partial charge in [0.1, 0.15) is 24.6 Å². The van der Waals surface area contributed by atoms with Crippen LogP contribution in [0.4, 0.5) is 4.39 Å². The highest BCUT2D eigenvalue weighted by molar-refractivity contribution is 9.10. The molecule has 0 fully saturated rings. The third-order valence-electron chi connectivity index (χ3n) is 2.30. The second-order valence-corrected chi connectivity index (χ2v) is 5.03. The summed E-state index contributed by atoms with van der Waals surface area (Å²) in [5, 5.41) is 0. The Labute approximate surface area is 112 Å². The standard InChI is InChI=1S/C12H12BrFO4/c1-12(2)17-10-7(13)3-4-8(16-6-5-14)9(10)11(15)18-12/h3-4H,5-6H2,1-2H3. The van der Waals surface area contributed by atoms with Crippen LogP contribution in [0.2, 0.25) is 0 Å². The fourth-order valence-corrected chi connectivity index (χ4v) is 2.05. The van der Waals surface area contributed by atoms with E-state index >= 15 is 0 Å². The molecule has 1 aliphatic heterocycles. The van der Waals surface area contributed by atoms with Crippen LogP contribution in [0.5, 0.6) is 11.5 Å². The van der Waals surface area contributed by atoms with E-state index in [1.807, 2.05) is 0 Å². The lowest BCUT2D eigenvalue weighted by molar-refractivity contribution is -0.128. The normalized spacial score (nSPS) is 16.6. The van der Waals surface area contributed by atoms with Crippen molar-refractivity contribution in [1.29, 1.82) is 0 Å². The molecule has 0 saturated heterocycles. The molecular formula is C12H12BrFO4. The van der Waals surface area contributed by atoms with Crippen LogP contribution in [0.3, 0.4) is 0 Å². The lowest BCUT2D eigenvalue weighted by Crippen LogP contribution is -2.39. The molecule has 0 aromatic heterocycles. The van der Waals surface area contributed by atoms with Crippen LogP contribution in [0.15, 0.2) is 16.6 Å². The molecule has 18 heavy (non-hydrogen) atoms. The van der Waals surface area contributed by atoms with Crippen molar-refractivity contribution < 1.29 is 23.4 Å². The maximum atomic E-state index is 12.1. The second kappa shape index (κ2) is 4.76. The van der Waals surface area contributed by atoms with Crippen molar-refractivity contribution in [3.63, 3.8) is 0 Å². The molecule has 0 unspecified atom stereocenters. The molecule has 0 atom stereocenters. The van der Waals surface area contributed by atoms with Crippen molar-refractivity contribution in [2.24, 2.45) is 0 Å². The summed E-state index contributed by atoms with van der Waals surface area (Å²) < 4.78 is 28.6. The topological polar surface area (TPSA) is 44.8 Å². The molecule has 0 spiro atoms. The van der Waals surface area contributed by atoms with Gasteiger partial charge in [-0.25, -0.2) is 9.18 Å². The maximum Gasteiger partial charge on any atom is 0.349 e. The smallest absolute Gasteiger partial charge is 0.349 e. The summed E-state index contributed by atoms with van der Waals surface area (Å²) in [6.45, 7) is 2.52. The van der Waals surface area contributed by atoms with Gasteiger partial charge in [0.25, 0.3) is 0 Å². The van der Waals surface area contributed by atoms with E-state index in [4.69, 9.17) is 14.2 Å². The molecule has 6 heteroatoms. The van der Waals surface area contributed by atoms with Gasteiger partial charge in [-0.3, -0.25) is 0 Å². The highest BCUT2D eigenvalue weighted by Crippen LogP contribution is 2.41. The van der Waals surface area contributed by atoms with Crippen LogP contribution in [0.25, 0.3) is 0 Å². The van der Waals surface area contributed by atoms with Crippen molar-refractivity contribution >= 4 is 21.9 Å². The van der Waals surface area contributed by atoms with E-state index in [-0.39, 0.29) is 17.9 Å². The van der Waals surface area contributed by atoms with Crippen molar-refractivity contribution in [3.05, 3.63) is 22.2 Å². The minimum atomic E-state index is -1.04. The predicted molar refractivity (Wildman–Crippen MR) is 65.7 cm³/mol.